The van der Waals surface area contributed by atoms with Gasteiger partial charge in [0.1, 0.15) is 23.9 Å². The molecule has 0 radical (unpaired) electrons. The Hall–Kier alpha value is -3.01. The fraction of sp³-hybridized carbons (Fsp3) is 0.211. The first-order valence-corrected chi connectivity index (χ1v) is 9.61. The second-order valence-electron chi connectivity index (χ2n) is 5.72. The predicted octanol–water partition coefficient (Wildman–Crippen LogP) is 4.55. The lowest BCUT2D eigenvalue weighted by Gasteiger charge is -2.11. The molecular formula is C19H17F3N4O2S. The largest absolute Gasteiger partial charge is 0.496 e. The smallest absolute Gasteiger partial charge is 0.299 e. The first kappa shape index (κ1) is 20.7. The lowest BCUT2D eigenvalue weighted by atomic mass is 10.1. The third-order valence-corrected chi connectivity index (χ3v) is 4.47. The Labute approximate surface area is 169 Å². The number of benzene rings is 2. The molecule has 0 aliphatic heterocycles. The molecule has 1 heterocycles. The Kier molecular flexibility index (Phi) is 6.76. The molecule has 0 unspecified atom stereocenters. The number of halogens is 3. The third kappa shape index (κ3) is 5.08. The van der Waals surface area contributed by atoms with Crippen LogP contribution < -0.4 is 9.47 Å². The molecule has 0 aliphatic carbocycles. The summed E-state index contributed by atoms with van der Waals surface area (Å²) in [7, 11) is 1.53. The van der Waals surface area contributed by atoms with Crippen LogP contribution in [0.5, 0.6) is 11.5 Å². The van der Waals surface area contributed by atoms with Crippen LogP contribution >= 0.6 is 11.8 Å². The molecule has 1 aromatic heterocycles. The summed E-state index contributed by atoms with van der Waals surface area (Å²) in [5, 5.41) is 11.5. The number of rotatable bonds is 8. The highest BCUT2D eigenvalue weighted by Crippen LogP contribution is 2.24. The van der Waals surface area contributed by atoms with Crippen molar-refractivity contribution in [2.75, 3.05) is 13.4 Å². The molecule has 29 heavy (non-hydrogen) atoms. The standard InChI is InChI=1S/C19H17F3N4O2S/c1-27-16-8-3-12(9-13(16)11-28-15-6-4-14(20)5-7-15)10-23-26-18(17(21)22)24-25-19(26)29-2/h3-10,17H,11H2,1-2H3. The van der Waals surface area contributed by atoms with Gasteiger partial charge in [0, 0.05) is 5.56 Å². The van der Waals surface area contributed by atoms with E-state index in [0.717, 1.165) is 16.4 Å². The van der Waals surface area contributed by atoms with Gasteiger partial charge < -0.3 is 9.47 Å². The summed E-state index contributed by atoms with van der Waals surface area (Å²) in [6, 6.07) is 10.9. The van der Waals surface area contributed by atoms with Crippen molar-refractivity contribution in [3.05, 3.63) is 65.2 Å². The summed E-state index contributed by atoms with van der Waals surface area (Å²) < 4.78 is 51.2. The number of hydrogen-bond donors (Lipinski definition) is 0. The minimum absolute atomic E-state index is 0.168. The minimum Gasteiger partial charge on any atom is -0.496 e. The molecule has 10 heteroatoms. The van der Waals surface area contributed by atoms with Crippen molar-refractivity contribution in [3.8, 4) is 11.5 Å². The van der Waals surface area contributed by atoms with Crippen molar-refractivity contribution >= 4 is 18.0 Å². The molecule has 0 saturated heterocycles. The van der Waals surface area contributed by atoms with Gasteiger partial charge in [-0.3, -0.25) is 0 Å². The fourth-order valence-electron chi connectivity index (χ4n) is 2.46. The van der Waals surface area contributed by atoms with Crippen molar-refractivity contribution in [3.63, 3.8) is 0 Å². The van der Waals surface area contributed by atoms with Gasteiger partial charge in [0.15, 0.2) is 0 Å². The molecule has 0 spiro atoms. The Morgan fingerprint density at radius 3 is 2.59 bits per heavy atom. The van der Waals surface area contributed by atoms with E-state index in [2.05, 4.69) is 15.3 Å². The predicted molar refractivity (Wildman–Crippen MR) is 103 cm³/mol. The van der Waals surface area contributed by atoms with Gasteiger partial charge in [0.2, 0.25) is 11.0 Å². The maximum atomic E-state index is 13.1. The van der Waals surface area contributed by atoms with Crippen molar-refractivity contribution in [1.29, 1.82) is 0 Å². The average molecular weight is 422 g/mol. The Morgan fingerprint density at radius 1 is 1.17 bits per heavy atom. The zero-order chi connectivity index (χ0) is 20.8. The van der Waals surface area contributed by atoms with Crippen molar-refractivity contribution in [1.82, 2.24) is 14.9 Å². The zero-order valence-corrected chi connectivity index (χ0v) is 16.4. The summed E-state index contributed by atoms with van der Waals surface area (Å²) in [5.74, 6) is 0.212. The van der Waals surface area contributed by atoms with Gasteiger partial charge in [-0.1, -0.05) is 11.8 Å². The number of aromatic nitrogens is 3. The highest BCUT2D eigenvalue weighted by molar-refractivity contribution is 7.98. The summed E-state index contributed by atoms with van der Waals surface area (Å²) in [6.45, 7) is 0.168. The molecule has 0 aliphatic rings. The summed E-state index contributed by atoms with van der Waals surface area (Å²) in [4.78, 5) is 0. The first-order valence-electron chi connectivity index (χ1n) is 8.39. The van der Waals surface area contributed by atoms with Crippen LogP contribution in [-0.4, -0.2) is 34.5 Å². The zero-order valence-electron chi connectivity index (χ0n) is 15.6. The van der Waals surface area contributed by atoms with Crippen molar-refractivity contribution in [2.45, 2.75) is 18.2 Å². The van der Waals surface area contributed by atoms with Crippen LogP contribution in [0.2, 0.25) is 0 Å². The Balaban J connectivity index is 1.82. The molecule has 3 rings (SSSR count). The molecule has 0 bridgehead atoms. The molecule has 0 fully saturated rings. The van der Waals surface area contributed by atoms with E-state index >= 15 is 0 Å². The van der Waals surface area contributed by atoms with E-state index in [-0.39, 0.29) is 17.6 Å². The van der Waals surface area contributed by atoms with Gasteiger partial charge >= 0.3 is 0 Å². The monoisotopic (exact) mass is 422 g/mol. The minimum atomic E-state index is -2.80. The van der Waals surface area contributed by atoms with E-state index in [4.69, 9.17) is 9.47 Å². The van der Waals surface area contributed by atoms with Gasteiger partial charge in [-0.15, -0.1) is 10.2 Å². The summed E-state index contributed by atoms with van der Waals surface area (Å²) in [5.41, 5.74) is 1.35. The van der Waals surface area contributed by atoms with Gasteiger partial charge in [0.05, 0.1) is 13.3 Å². The van der Waals surface area contributed by atoms with E-state index in [9.17, 15) is 13.2 Å². The van der Waals surface area contributed by atoms with Gasteiger partial charge in [-0.2, -0.15) is 9.78 Å². The maximum Gasteiger partial charge on any atom is 0.299 e. The lowest BCUT2D eigenvalue weighted by Crippen LogP contribution is -2.02. The van der Waals surface area contributed by atoms with E-state index in [1.54, 1.807) is 24.5 Å². The number of hydrogen-bond acceptors (Lipinski definition) is 6. The maximum absolute atomic E-state index is 13.1. The highest BCUT2D eigenvalue weighted by atomic mass is 32.2. The van der Waals surface area contributed by atoms with Crippen LogP contribution in [0.25, 0.3) is 0 Å². The van der Waals surface area contributed by atoms with Crippen molar-refractivity contribution < 1.29 is 22.6 Å². The Morgan fingerprint density at radius 2 is 1.93 bits per heavy atom. The Bertz CT molecular complexity index is 994. The van der Waals surface area contributed by atoms with Crippen LogP contribution in [-0.2, 0) is 6.61 Å². The number of ether oxygens (including phenoxy) is 2. The molecule has 0 atom stereocenters. The fourth-order valence-corrected chi connectivity index (χ4v) is 2.89. The second-order valence-corrected chi connectivity index (χ2v) is 6.49. The van der Waals surface area contributed by atoms with Crippen LogP contribution in [0.1, 0.15) is 23.4 Å². The van der Waals surface area contributed by atoms with Crippen LogP contribution in [0, 0.1) is 5.82 Å². The molecule has 3 aromatic rings. The quantitative estimate of drug-likeness (QED) is 0.394. The van der Waals surface area contributed by atoms with E-state index < -0.39 is 12.2 Å². The lowest BCUT2D eigenvalue weighted by molar-refractivity contribution is 0.135. The van der Waals surface area contributed by atoms with Crippen LogP contribution in [0.3, 0.4) is 0 Å². The average Bonchev–Trinajstić information content (AvgIpc) is 3.15. The van der Waals surface area contributed by atoms with Crippen LogP contribution in [0.15, 0.2) is 52.7 Å². The molecule has 6 nitrogen and oxygen atoms in total. The first-order chi connectivity index (χ1) is 14.0. The highest BCUT2D eigenvalue weighted by Gasteiger charge is 2.19. The third-order valence-electron chi connectivity index (χ3n) is 3.85. The second kappa shape index (κ2) is 9.46. The molecular weight excluding hydrogens is 405 g/mol. The van der Waals surface area contributed by atoms with Crippen LogP contribution in [0.4, 0.5) is 13.2 Å². The van der Waals surface area contributed by atoms with Gasteiger partial charge in [-0.05, 0) is 54.3 Å². The number of nitrogens with zero attached hydrogens (tertiary/aromatic N) is 4. The number of thioether (sulfide) groups is 1. The van der Waals surface area contributed by atoms with E-state index in [1.165, 1.54) is 37.6 Å². The van der Waals surface area contributed by atoms with Gasteiger partial charge in [-0.25, -0.2) is 13.2 Å². The van der Waals surface area contributed by atoms with Crippen molar-refractivity contribution in [2.24, 2.45) is 5.10 Å². The van der Waals surface area contributed by atoms with E-state index in [0.29, 0.717) is 22.6 Å². The number of methoxy groups -OCH3 is 1. The summed E-state index contributed by atoms with van der Waals surface area (Å²) >= 11 is 1.16. The normalized spacial score (nSPS) is 11.4. The van der Waals surface area contributed by atoms with Gasteiger partial charge in [0.25, 0.3) is 6.43 Å². The molecule has 0 N–H and O–H groups in total. The molecule has 2 aromatic carbocycles. The summed E-state index contributed by atoms with van der Waals surface area (Å²) in [6.07, 6.45) is 0.329. The topological polar surface area (TPSA) is 61.5 Å². The number of alkyl halides is 2. The molecule has 0 amide bonds. The SMILES string of the molecule is COc1ccc(C=Nn2c(SC)nnc2C(F)F)cc1COc1ccc(F)cc1. The van der Waals surface area contributed by atoms with E-state index in [1.807, 2.05) is 0 Å². The molecule has 152 valence electrons. The molecule has 0 saturated carbocycles.